The topological polar surface area (TPSA) is 235 Å². The Hall–Kier alpha value is -2.49. The first-order valence-corrected chi connectivity index (χ1v) is 21.3. The van der Waals surface area contributed by atoms with E-state index in [4.69, 9.17) is 32.8 Å². The summed E-state index contributed by atoms with van der Waals surface area (Å²) < 4.78 is 43.1. The number of carbonyl (C=O) groups is 2. The fourth-order valence-corrected chi connectivity index (χ4v) is 9.37. The van der Waals surface area contributed by atoms with Crippen molar-refractivity contribution in [3.63, 3.8) is 0 Å². The molecule has 0 aliphatic carbocycles. The standard InChI is InChI=1S/C42H74N4O14/c1-15-29-42(11,53)33(48)26(7)46(39(51)44-36-25(6)43-20-55-36)19-21(2)17-40(9,52)35(60-38-31(47)28(45(12)13)16-22(3)56-38)23(4)32(24(5)37(50)58-29)59-30-18-41(10,54-14)34(49)27(8)57-30/h20-24,26-35,38,47-49,52-53H,15-19H2,1-14H3,(H,44,51)/t21-,22-,23+,24-,26-,27+,28+,29?,30+,31-,32+,33-,34+,35-,38+,40-,41-,42-/m1/s1. The lowest BCUT2D eigenvalue weighted by Crippen LogP contribution is -2.61. The van der Waals surface area contributed by atoms with Crippen molar-refractivity contribution in [3.05, 3.63) is 12.1 Å². The van der Waals surface area contributed by atoms with E-state index in [1.807, 2.05) is 32.8 Å². The summed E-state index contributed by atoms with van der Waals surface area (Å²) in [6.07, 6.45) is -8.74. The van der Waals surface area contributed by atoms with E-state index in [9.17, 15) is 35.1 Å². The number of cyclic esters (lactones) is 1. The van der Waals surface area contributed by atoms with E-state index in [1.165, 1.54) is 25.3 Å². The van der Waals surface area contributed by atoms with Gasteiger partial charge in [0.2, 0.25) is 5.88 Å². The van der Waals surface area contributed by atoms with Crippen LogP contribution in [-0.2, 0) is 33.2 Å². The van der Waals surface area contributed by atoms with Crippen LogP contribution in [-0.4, -0.2) is 170 Å². The predicted molar refractivity (Wildman–Crippen MR) is 219 cm³/mol. The number of likely N-dealkylation sites (N-methyl/N-ethyl adjacent to an activating group) is 1. The molecule has 0 bridgehead atoms. The van der Waals surface area contributed by atoms with Gasteiger partial charge in [-0.05, 0) is 94.7 Å². The third-order valence-corrected chi connectivity index (χ3v) is 13.1. The van der Waals surface area contributed by atoms with Crippen LogP contribution in [0.25, 0.3) is 0 Å². The van der Waals surface area contributed by atoms with E-state index >= 15 is 0 Å². The van der Waals surface area contributed by atoms with E-state index in [1.54, 1.807) is 55.4 Å². The highest BCUT2D eigenvalue weighted by atomic mass is 16.7. The summed E-state index contributed by atoms with van der Waals surface area (Å²) in [5.41, 5.74) is -4.49. The van der Waals surface area contributed by atoms with Crippen LogP contribution in [0.3, 0.4) is 0 Å². The summed E-state index contributed by atoms with van der Waals surface area (Å²) in [4.78, 5) is 35.8. The van der Waals surface area contributed by atoms with Crippen molar-refractivity contribution >= 4 is 17.9 Å². The number of aromatic nitrogens is 1. The van der Waals surface area contributed by atoms with Crippen LogP contribution in [0, 0.1) is 24.7 Å². The Labute approximate surface area is 355 Å². The predicted octanol–water partition coefficient (Wildman–Crippen LogP) is 2.80. The molecule has 4 rings (SSSR count). The number of esters is 1. The van der Waals surface area contributed by atoms with Crippen LogP contribution in [0.15, 0.2) is 10.8 Å². The number of carbonyl (C=O) groups excluding carboxylic acids is 2. The lowest BCUT2D eigenvalue weighted by atomic mass is 9.77. The molecule has 18 nitrogen and oxygen atoms in total. The van der Waals surface area contributed by atoms with Crippen LogP contribution >= 0.6 is 0 Å². The number of hydrogen-bond acceptors (Lipinski definition) is 16. The first-order chi connectivity index (χ1) is 27.8. The zero-order chi connectivity index (χ0) is 45.2. The van der Waals surface area contributed by atoms with Crippen LogP contribution in [0.5, 0.6) is 0 Å². The maximum atomic E-state index is 14.4. The Bertz CT molecular complexity index is 1560. The number of nitrogens with one attached hydrogen (secondary N) is 1. The number of amides is 2. The molecule has 346 valence electrons. The molecule has 18 atom stereocenters. The van der Waals surface area contributed by atoms with E-state index in [2.05, 4.69) is 10.3 Å². The number of aliphatic hydroxyl groups is 5. The Morgan fingerprint density at radius 2 is 1.67 bits per heavy atom. The van der Waals surface area contributed by atoms with Gasteiger partial charge in [0.15, 0.2) is 19.0 Å². The van der Waals surface area contributed by atoms with Gasteiger partial charge in [-0.2, -0.15) is 0 Å². The largest absolute Gasteiger partial charge is 0.459 e. The molecule has 1 unspecified atom stereocenters. The van der Waals surface area contributed by atoms with E-state index in [-0.39, 0.29) is 43.8 Å². The molecule has 1 aromatic rings. The first kappa shape index (κ1) is 50.2. The third-order valence-electron chi connectivity index (χ3n) is 13.1. The molecule has 18 heteroatoms. The van der Waals surface area contributed by atoms with Gasteiger partial charge in [-0.15, -0.1) is 0 Å². The highest BCUT2D eigenvalue weighted by Gasteiger charge is 2.53. The van der Waals surface area contributed by atoms with Crippen LogP contribution in [0.1, 0.15) is 101 Å². The molecule has 0 aromatic carbocycles. The molecular formula is C42H74N4O14. The molecule has 1 aromatic heterocycles. The van der Waals surface area contributed by atoms with Gasteiger partial charge in [-0.25, -0.2) is 9.78 Å². The maximum Gasteiger partial charge on any atom is 0.324 e. The number of urea groups is 1. The lowest BCUT2D eigenvalue weighted by Gasteiger charge is -2.48. The first-order valence-electron chi connectivity index (χ1n) is 21.3. The molecule has 6 N–H and O–H groups in total. The fourth-order valence-electron chi connectivity index (χ4n) is 9.37. The van der Waals surface area contributed by atoms with Crippen molar-refractivity contribution in [1.82, 2.24) is 14.8 Å². The molecule has 0 spiro atoms. The molecule has 3 aliphatic rings. The van der Waals surface area contributed by atoms with Crippen LogP contribution < -0.4 is 5.32 Å². The molecule has 3 fully saturated rings. The van der Waals surface area contributed by atoms with Gasteiger partial charge in [0.1, 0.15) is 35.7 Å². The van der Waals surface area contributed by atoms with Crippen molar-refractivity contribution in [1.29, 1.82) is 0 Å². The summed E-state index contributed by atoms with van der Waals surface area (Å²) in [5, 5.41) is 62.0. The van der Waals surface area contributed by atoms with Crippen molar-refractivity contribution in [2.75, 3.05) is 33.1 Å². The average Bonchev–Trinajstić information content (AvgIpc) is 3.58. The van der Waals surface area contributed by atoms with Crippen molar-refractivity contribution < 1.29 is 68.0 Å². The second-order valence-corrected chi connectivity index (χ2v) is 18.6. The van der Waals surface area contributed by atoms with Gasteiger partial charge in [0.25, 0.3) is 0 Å². The second-order valence-electron chi connectivity index (χ2n) is 18.6. The average molecular weight is 859 g/mol. The van der Waals surface area contributed by atoms with Gasteiger partial charge in [-0.3, -0.25) is 10.1 Å². The number of anilines is 1. The number of hydrogen-bond donors (Lipinski definition) is 6. The van der Waals surface area contributed by atoms with E-state index in [0.717, 1.165) is 0 Å². The Morgan fingerprint density at radius 1 is 1.02 bits per heavy atom. The van der Waals surface area contributed by atoms with Crippen molar-refractivity contribution in [2.24, 2.45) is 17.8 Å². The third kappa shape index (κ3) is 11.0. The molecule has 3 aliphatic heterocycles. The monoisotopic (exact) mass is 859 g/mol. The number of nitrogens with zero attached hydrogens (tertiary/aromatic N) is 3. The fraction of sp³-hybridized carbons (Fsp3) is 0.881. The van der Waals surface area contributed by atoms with Gasteiger partial charge in [0.05, 0.1) is 47.6 Å². The zero-order valence-electron chi connectivity index (χ0n) is 38.0. The summed E-state index contributed by atoms with van der Waals surface area (Å²) in [6.45, 7) is 18.3. The highest BCUT2D eigenvalue weighted by molar-refractivity contribution is 5.88. The molecule has 3 saturated heterocycles. The van der Waals surface area contributed by atoms with Crippen LogP contribution in [0.4, 0.5) is 10.7 Å². The number of ether oxygens (including phenoxy) is 6. The van der Waals surface area contributed by atoms with Gasteiger partial charge >= 0.3 is 12.0 Å². The summed E-state index contributed by atoms with van der Waals surface area (Å²) in [6, 6.07) is -2.08. The highest BCUT2D eigenvalue weighted by Crippen LogP contribution is 2.40. The Kier molecular flexibility index (Phi) is 16.6. The Balaban J connectivity index is 1.86. The molecule has 4 heterocycles. The molecule has 0 radical (unpaired) electrons. The number of methoxy groups -OCH3 is 1. The summed E-state index contributed by atoms with van der Waals surface area (Å²) >= 11 is 0. The number of aryl methyl sites for hydroxylation is 1. The molecule has 0 saturated carbocycles. The minimum absolute atomic E-state index is 0.00413. The minimum Gasteiger partial charge on any atom is -0.459 e. The second kappa shape index (κ2) is 19.9. The smallest absolute Gasteiger partial charge is 0.324 e. The zero-order valence-corrected chi connectivity index (χ0v) is 38.0. The van der Waals surface area contributed by atoms with E-state index < -0.39 is 108 Å². The Morgan fingerprint density at radius 3 is 2.23 bits per heavy atom. The SMILES string of the molecule is CCC1OC(=O)[C@H](C)[C@@H](O[C@H]2C[C@@](C)(OC)[C@@H](O)[C@H](C)O2)[C@H](C)[C@@H](O[C@@H]2O[C@H](C)C[C@H](N(C)C)[C@H]2O)[C@](C)(O)C[C@@H](C)CN(C(=O)Nc2ocnc2C)[C@H](C)[C@@H](O)[C@]1(C)O. The van der Waals surface area contributed by atoms with Gasteiger partial charge < -0.3 is 68.2 Å². The van der Waals surface area contributed by atoms with E-state index in [0.29, 0.717) is 12.1 Å². The minimum atomic E-state index is -2.07. The number of oxazole rings is 1. The van der Waals surface area contributed by atoms with Crippen molar-refractivity contribution in [2.45, 2.75) is 192 Å². The normalized spacial score (nSPS) is 44.2. The maximum absolute atomic E-state index is 14.4. The summed E-state index contributed by atoms with van der Waals surface area (Å²) in [5.74, 6) is -3.17. The van der Waals surface area contributed by atoms with Gasteiger partial charge in [-0.1, -0.05) is 20.8 Å². The number of aliphatic hydroxyl groups excluding tert-OH is 3. The van der Waals surface area contributed by atoms with Crippen LogP contribution in [0.2, 0.25) is 0 Å². The summed E-state index contributed by atoms with van der Waals surface area (Å²) in [7, 11) is 5.19. The number of rotatable bonds is 8. The van der Waals surface area contributed by atoms with Gasteiger partial charge in [0, 0.05) is 32.0 Å². The molecule has 2 amide bonds. The molecular weight excluding hydrogens is 784 g/mol. The molecule has 60 heavy (non-hydrogen) atoms. The van der Waals surface area contributed by atoms with Crippen molar-refractivity contribution in [3.8, 4) is 0 Å². The quantitative estimate of drug-likeness (QED) is 0.206. The lowest BCUT2D eigenvalue weighted by molar-refractivity contribution is -0.318.